The van der Waals surface area contributed by atoms with Gasteiger partial charge >= 0.3 is 0 Å². The van der Waals surface area contributed by atoms with Crippen LogP contribution in [-0.4, -0.2) is 44.9 Å². The molecular formula is C17H26ClIN4O2S. The van der Waals surface area contributed by atoms with Gasteiger partial charge in [0.2, 0.25) is 5.28 Å². The summed E-state index contributed by atoms with van der Waals surface area (Å²) in [5, 5.41) is 0.313. The van der Waals surface area contributed by atoms with E-state index in [-0.39, 0.29) is 29.4 Å². The van der Waals surface area contributed by atoms with Gasteiger partial charge in [-0.3, -0.25) is 0 Å². The van der Waals surface area contributed by atoms with Crippen molar-refractivity contribution < 1.29 is 32.9 Å². The summed E-state index contributed by atoms with van der Waals surface area (Å²) in [5.41, 5.74) is 2.45. The molecule has 6 nitrogen and oxygen atoms in total. The second-order valence-electron chi connectivity index (χ2n) is 8.24. The van der Waals surface area contributed by atoms with E-state index in [4.69, 9.17) is 21.3 Å². The van der Waals surface area contributed by atoms with E-state index < -0.39 is 15.5 Å². The molecule has 0 amide bonds. The first kappa shape index (κ1) is 22.0. The Kier molecular flexibility index (Phi) is 6.13. The summed E-state index contributed by atoms with van der Waals surface area (Å²) in [4.78, 5) is 13.7. The number of hydrogen-bond acceptors (Lipinski definition) is 5. The Morgan fingerprint density at radius 2 is 1.69 bits per heavy atom. The number of aromatic nitrogens is 4. The highest BCUT2D eigenvalue weighted by Crippen LogP contribution is 2.49. The molecule has 0 N–H and O–H groups in total. The highest BCUT2D eigenvalue weighted by atomic mass is 127. The minimum atomic E-state index is -1.42. The van der Waals surface area contributed by atoms with Gasteiger partial charge in [0.05, 0.1) is 22.2 Å². The van der Waals surface area contributed by atoms with Gasteiger partial charge in [-0.1, -0.05) is 6.92 Å². The first-order valence-corrected chi connectivity index (χ1v) is 11.5. The van der Waals surface area contributed by atoms with E-state index in [1.807, 2.05) is 13.8 Å². The van der Waals surface area contributed by atoms with Crippen LogP contribution >= 0.6 is 11.6 Å². The van der Waals surface area contributed by atoms with Crippen molar-refractivity contribution in [3.05, 3.63) is 16.8 Å². The molecule has 4 rings (SSSR count). The number of hydrogen-bond donors (Lipinski definition) is 0. The predicted octanol–water partition coefficient (Wildman–Crippen LogP) is 0.176. The number of rotatable bonds is 1. The summed E-state index contributed by atoms with van der Waals surface area (Å²) in [6.45, 7) is 7.72. The molecule has 0 atom stereocenters. The Morgan fingerprint density at radius 1 is 1.12 bits per heavy atom. The van der Waals surface area contributed by atoms with Crippen molar-refractivity contribution in [3.8, 4) is 0 Å². The van der Waals surface area contributed by atoms with Gasteiger partial charge in [-0.15, -0.1) is 4.21 Å². The van der Waals surface area contributed by atoms with E-state index in [9.17, 15) is 4.21 Å². The number of fused-ring (bicyclic) bond motifs is 3. The summed E-state index contributed by atoms with van der Waals surface area (Å²) < 4.78 is 18.1. The van der Waals surface area contributed by atoms with Gasteiger partial charge < -0.3 is 33.3 Å². The molecule has 2 aliphatic rings. The highest BCUT2D eigenvalue weighted by Gasteiger charge is 2.44. The fourth-order valence-corrected chi connectivity index (χ4v) is 3.11. The van der Waals surface area contributed by atoms with Crippen LogP contribution in [0.5, 0.6) is 0 Å². The Morgan fingerprint density at radius 3 is 2.23 bits per heavy atom. The van der Waals surface area contributed by atoms with Gasteiger partial charge in [0, 0.05) is 12.0 Å². The van der Waals surface area contributed by atoms with Gasteiger partial charge in [-0.2, -0.15) is 4.98 Å². The Labute approximate surface area is 177 Å². The van der Waals surface area contributed by atoms with E-state index in [1.165, 1.54) is 0 Å². The number of nitrogens with zero attached hydrogens (tertiary/aromatic N) is 4. The van der Waals surface area contributed by atoms with Crippen LogP contribution in [0.3, 0.4) is 0 Å². The standard InChI is InChI=1S/C14H17ClN4O.C3H9OS.HI/c1-13(2)11-16-8-9(14(3)4-5-14)17-12(15)18-10(8)19(11)6-7-20-13;1-5(2,3)4;/h4-7H2,1-3H3;1-3H3;1H/q;+1;/p-1. The van der Waals surface area contributed by atoms with Gasteiger partial charge in [0.1, 0.15) is 35.7 Å². The average molecular weight is 513 g/mol. The van der Waals surface area contributed by atoms with Crippen LogP contribution in [0.15, 0.2) is 0 Å². The van der Waals surface area contributed by atoms with Gasteiger partial charge in [0.25, 0.3) is 0 Å². The van der Waals surface area contributed by atoms with E-state index in [0.29, 0.717) is 11.9 Å². The third kappa shape index (κ3) is 4.56. The minimum Gasteiger partial charge on any atom is -1.00 e. The maximum absolute atomic E-state index is 10.2. The maximum Gasteiger partial charge on any atom is 0.224 e. The maximum atomic E-state index is 10.2. The lowest BCUT2D eigenvalue weighted by atomic mass is 10.0. The molecule has 2 aromatic heterocycles. The van der Waals surface area contributed by atoms with Gasteiger partial charge in [-0.05, 0) is 38.3 Å². The average Bonchev–Trinajstić information content (AvgIpc) is 3.07. The van der Waals surface area contributed by atoms with Crippen LogP contribution in [-0.2, 0) is 36.4 Å². The summed E-state index contributed by atoms with van der Waals surface area (Å²) in [6.07, 6.45) is 7.42. The largest absolute Gasteiger partial charge is 1.00 e. The summed E-state index contributed by atoms with van der Waals surface area (Å²) >= 11 is 6.13. The van der Waals surface area contributed by atoms with Crippen LogP contribution in [0.25, 0.3) is 11.2 Å². The van der Waals surface area contributed by atoms with Crippen LogP contribution in [0.4, 0.5) is 0 Å². The molecule has 2 aromatic rings. The lowest BCUT2D eigenvalue weighted by Crippen LogP contribution is -3.00. The van der Waals surface area contributed by atoms with Crippen molar-refractivity contribution >= 4 is 32.7 Å². The van der Waals surface area contributed by atoms with E-state index >= 15 is 0 Å². The van der Waals surface area contributed by atoms with Crippen molar-refractivity contribution in [1.29, 1.82) is 0 Å². The fraction of sp³-hybridized carbons (Fsp3) is 0.706. The fourth-order valence-electron chi connectivity index (χ4n) is 2.95. The molecule has 1 aliphatic carbocycles. The topological polar surface area (TPSA) is 69.9 Å². The molecule has 0 radical (unpaired) electrons. The van der Waals surface area contributed by atoms with Crippen LogP contribution < -0.4 is 24.0 Å². The molecule has 26 heavy (non-hydrogen) atoms. The molecule has 146 valence electrons. The second-order valence-corrected chi connectivity index (χ2v) is 12.0. The normalized spacial score (nSPS) is 19.8. The minimum absolute atomic E-state index is 0. The van der Waals surface area contributed by atoms with Crippen LogP contribution in [0.2, 0.25) is 5.28 Å². The monoisotopic (exact) mass is 512 g/mol. The lowest BCUT2D eigenvalue weighted by Gasteiger charge is -2.30. The molecule has 0 spiro atoms. The lowest BCUT2D eigenvalue weighted by molar-refractivity contribution is -0.0530. The SMILES string of the molecule is CC1(c2nc(Cl)nc3c2nc2n3CCOC2(C)C)CC1.C[S+](C)(C)=O.[I-]. The molecule has 0 saturated heterocycles. The van der Waals surface area contributed by atoms with Gasteiger partial charge in [0.15, 0.2) is 5.65 Å². The molecule has 0 aromatic carbocycles. The van der Waals surface area contributed by atoms with Crippen molar-refractivity contribution in [1.82, 2.24) is 19.5 Å². The molecule has 1 saturated carbocycles. The van der Waals surface area contributed by atoms with Crippen LogP contribution in [0.1, 0.15) is 45.1 Å². The smallest absolute Gasteiger partial charge is 0.224 e. The van der Waals surface area contributed by atoms with Gasteiger partial charge in [-0.25, -0.2) is 9.97 Å². The zero-order chi connectivity index (χ0) is 18.6. The highest BCUT2D eigenvalue weighted by molar-refractivity contribution is 8.00. The Hall–Kier alpha value is -0.320. The summed E-state index contributed by atoms with van der Waals surface area (Å²) in [6, 6.07) is 0. The first-order valence-electron chi connectivity index (χ1n) is 8.39. The third-order valence-electron chi connectivity index (χ3n) is 4.46. The molecule has 0 bridgehead atoms. The summed E-state index contributed by atoms with van der Waals surface area (Å²) in [5.74, 6) is 0.917. The molecule has 1 aliphatic heterocycles. The zero-order valence-electron chi connectivity index (χ0n) is 16.1. The quantitative estimate of drug-likeness (QED) is 0.310. The van der Waals surface area contributed by atoms with E-state index in [0.717, 1.165) is 42.1 Å². The van der Waals surface area contributed by atoms with Crippen molar-refractivity contribution in [2.24, 2.45) is 0 Å². The Bertz CT molecular complexity index is 865. The molecule has 9 heteroatoms. The zero-order valence-corrected chi connectivity index (χ0v) is 19.8. The molecule has 3 heterocycles. The molecular weight excluding hydrogens is 487 g/mol. The number of imidazole rings is 1. The van der Waals surface area contributed by atoms with E-state index in [2.05, 4.69) is 21.5 Å². The first-order chi connectivity index (χ1) is 11.4. The van der Waals surface area contributed by atoms with Crippen LogP contribution in [0, 0.1) is 0 Å². The third-order valence-corrected chi connectivity index (χ3v) is 4.62. The Balaban J connectivity index is 0.000000362. The number of halogens is 2. The summed E-state index contributed by atoms with van der Waals surface area (Å²) in [7, 11) is -1.42. The van der Waals surface area contributed by atoms with Crippen molar-refractivity contribution in [3.63, 3.8) is 0 Å². The van der Waals surface area contributed by atoms with Crippen molar-refractivity contribution in [2.75, 3.05) is 25.4 Å². The van der Waals surface area contributed by atoms with Crippen molar-refractivity contribution in [2.45, 2.75) is 51.2 Å². The second kappa shape index (κ2) is 7.25. The number of ether oxygens (including phenoxy) is 1. The predicted molar refractivity (Wildman–Crippen MR) is 102 cm³/mol. The molecule has 0 unspecified atom stereocenters. The van der Waals surface area contributed by atoms with E-state index in [1.54, 1.807) is 18.8 Å². The molecule has 1 fully saturated rings.